The van der Waals surface area contributed by atoms with E-state index >= 15 is 0 Å². The number of aromatic nitrogens is 2. The molecule has 1 aromatic heterocycles. The van der Waals surface area contributed by atoms with Crippen LogP contribution in [0, 0.1) is 6.92 Å². The second kappa shape index (κ2) is 5.36. The second-order valence-electron chi connectivity index (χ2n) is 5.04. The van der Waals surface area contributed by atoms with Gasteiger partial charge < -0.3 is 15.5 Å². The lowest BCUT2D eigenvalue weighted by molar-refractivity contribution is 0.407. The van der Waals surface area contributed by atoms with Crippen molar-refractivity contribution < 1.29 is 4.74 Å². The molecule has 0 fully saturated rings. The average molecular weight is 273 g/mol. The summed E-state index contributed by atoms with van der Waals surface area (Å²) in [7, 11) is 1.65. The smallest absolute Gasteiger partial charge is 0.347 e. The van der Waals surface area contributed by atoms with Crippen LogP contribution in [0.25, 0.3) is 11.1 Å². The van der Waals surface area contributed by atoms with E-state index < -0.39 is 5.69 Å². The number of nitrogen functional groups attached to an aromatic ring is 1. The number of hydrogen-bond donors (Lipinski definition) is 2. The Morgan fingerprint density at radius 1 is 1.35 bits per heavy atom. The Labute approximate surface area is 117 Å². The summed E-state index contributed by atoms with van der Waals surface area (Å²) in [6.07, 6.45) is 0. The normalized spacial score (nSPS) is 10.8. The number of nitrogens with two attached hydrogens (primary N) is 1. The Morgan fingerprint density at radius 3 is 2.60 bits per heavy atom. The van der Waals surface area contributed by atoms with E-state index in [1.54, 1.807) is 7.11 Å². The van der Waals surface area contributed by atoms with Crippen LogP contribution in [0.4, 0.5) is 5.82 Å². The quantitative estimate of drug-likeness (QED) is 0.900. The highest BCUT2D eigenvalue weighted by Crippen LogP contribution is 2.33. The van der Waals surface area contributed by atoms with Gasteiger partial charge >= 0.3 is 5.69 Å². The van der Waals surface area contributed by atoms with Gasteiger partial charge in [0.1, 0.15) is 11.6 Å². The summed E-state index contributed by atoms with van der Waals surface area (Å²) in [6.45, 7) is 6.01. The number of aryl methyl sites for hydroxylation is 1. The maximum atomic E-state index is 11.3. The van der Waals surface area contributed by atoms with E-state index in [0.29, 0.717) is 11.6 Å². The number of benzene rings is 1. The fraction of sp³-hybridized carbons (Fsp3) is 0.333. The Bertz CT molecular complexity index is 664. The highest BCUT2D eigenvalue weighted by molar-refractivity contribution is 5.76. The monoisotopic (exact) mass is 273 g/mol. The molecule has 0 aliphatic heterocycles. The summed E-state index contributed by atoms with van der Waals surface area (Å²) in [4.78, 5) is 17.7. The summed E-state index contributed by atoms with van der Waals surface area (Å²) in [6, 6.07) is 5.86. The molecule has 106 valence electrons. The minimum atomic E-state index is -0.429. The molecule has 0 aliphatic carbocycles. The lowest BCUT2D eigenvalue weighted by Crippen LogP contribution is -2.15. The Hall–Kier alpha value is -2.30. The van der Waals surface area contributed by atoms with Crippen LogP contribution in [0.3, 0.4) is 0 Å². The maximum Gasteiger partial charge on any atom is 0.347 e. The molecule has 0 bridgehead atoms. The molecule has 2 aromatic rings. The molecule has 0 unspecified atom stereocenters. The van der Waals surface area contributed by atoms with Crippen molar-refractivity contribution in [3.63, 3.8) is 0 Å². The van der Waals surface area contributed by atoms with Crippen molar-refractivity contribution in [1.82, 2.24) is 9.97 Å². The van der Waals surface area contributed by atoms with E-state index in [2.05, 4.69) is 23.8 Å². The number of anilines is 1. The van der Waals surface area contributed by atoms with Gasteiger partial charge in [-0.2, -0.15) is 4.98 Å². The minimum absolute atomic E-state index is 0.242. The number of H-pyrrole nitrogens is 1. The predicted molar refractivity (Wildman–Crippen MR) is 80.1 cm³/mol. The number of rotatable bonds is 3. The molecule has 5 heteroatoms. The minimum Gasteiger partial charge on any atom is -0.496 e. The van der Waals surface area contributed by atoms with Crippen LogP contribution >= 0.6 is 0 Å². The van der Waals surface area contributed by atoms with Crippen molar-refractivity contribution in [3.8, 4) is 16.9 Å². The molecule has 0 amide bonds. The van der Waals surface area contributed by atoms with Crippen LogP contribution in [0.1, 0.15) is 31.0 Å². The van der Waals surface area contributed by atoms with Gasteiger partial charge in [-0.3, -0.25) is 0 Å². The maximum absolute atomic E-state index is 11.3. The van der Waals surface area contributed by atoms with Gasteiger partial charge in [0.05, 0.1) is 7.11 Å². The fourth-order valence-corrected chi connectivity index (χ4v) is 2.31. The van der Waals surface area contributed by atoms with Crippen molar-refractivity contribution >= 4 is 5.82 Å². The zero-order valence-electron chi connectivity index (χ0n) is 12.2. The van der Waals surface area contributed by atoms with E-state index in [-0.39, 0.29) is 5.82 Å². The molecule has 0 atom stereocenters. The van der Waals surface area contributed by atoms with Crippen LogP contribution < -0.4 is 16.2 Å². The van der Waals surface area contributed by atoms with Crippen molar-refractivity contribution in [2.75, 3.05) is 12.8 Å². The van der Waals surface area contributed by atoms with Crippen molar-refractivity contribution in [2.24, 2.45) is 0 Å². The van der Waals surface area contributed by atoms with E-state index in [9.17, 15) is 4.79 Å². The van der Waals surface area contributed by atoms with Gasteiger partial charge in [-0.25, -0.2) is 4.79 Å². The lowest BCUT2D eigenvalue weighted by Gasteiger charge is -2.15. The second-order valence-corrected chi connectivity index (χ2v) is 5.04. The molecule has 0 aliphatic rings. The topological polar surface area (TPSA) is 81.0 Å². The van der Waals surface area contributed by atoms with Crippen LogP contribution in [0.15, 0.2) is 23.0 Å². The number of methoxy groups -OCH3 is 1. The molecule has 3 N–H and O–H groups in total. The number of nitrogens with zero attached hydrogens (tertiary/aromatic N) is 1. The van der Waals surface area contributed by atoms with E-state index in [0.717, 1.165) is 22.4 Å². The molecule has 0 saturated carbocycles. The van der Waals surface area contributed by atoms with Crippen LogP contribution in [-0.2, 0) is 0 Å². The van der Waals surface area contributed by atoms with Crippen molar-refractivity contribution in [3.05, 3.63) is 39.9 Å². The molecule has 20 heavy (non-hydrogen) atoms. The molecular weight excluding hydrogens is 254 g/mol. The molecule has 0 saturated heterocycles. The van der Waals surface area contributed by atoms with E-state index in [4.69, 9.17) is 10.5 Å². The number of aromatic amines is 1. The molecule has 5 nitrogen and oxygen atoms in total. The van der Waals surface area contributed by atoms with Gasteiger partial charge in [0.2, 0.25) is 0 Å². The van der Waals surface area contributed by atoms with Gasteiger partial charge in [-0.05, 0) is 36.1 Å². The molecule has 0 radical (unpaired) electrons. The third-order valence-electron chi connectivity index (χ3n) is 3.29. The largest absolute Gasteiger partial charge is 0.496 e. The van der Waals surface area contributed by atoms with Gasteiger partial charge in [-0.15, -0.1) is 0 Å². The Balaban J connectivity index is 2.65. The van der Waals surface area contributed by atoms with Crippen LogP contribution in [-0.4, -0.2) is 17.1 Å². The fourth-order valence-electron chi connectivity index (χ4n) is 2.31. The first-order chi connectivity index (χ1) is 9.43. The zero-order valence-corrected chi connectivity index (χ0v) is 12.2. The van der Waals surface area contributed by atoms with Crippen LogP contribution in [0.2, 0.25) is 0 Å². The van der Waals surface area contributed by atoms with Gasteiger partial charge in [-0.1, -0.05) is 19.9 Å². The third kappa shape index (κ3) is 2.52. The summed E-state index contributed by atoms with van der Waals surface area (Å²) < 4.78 is 5.37. The zero-order chi connectivity index (χ0) is 14.9. The Kier molecular flexibility index (Phi) is 3.79. The molecular formula is C15H19N3O2. The summed E-state index contributed by atoms with van der Waals surface area (Å²) in [5, 5.41) is 0. The molecule has 1 aromatic carbocycles. The number of hydrogen-bond acceptors (Lipinski definition) is 4. The Morgan fingerprint density at radius 2 is 2.05 bits per heavy atom. The van der Waals surface area contributed by atoms with Gasteiger partial charge in [0.25, 0.3) is 0 Å². The lowest BCUT2D eigenvalue weighted by atomic mass is 9.96. The molecule has 0 spiro atoms. The molecule has 1 heterocycles. The molecule has 2 rings (SSSR count). The number of ether oxygens (including phenoxy) is 1. The predicted octanol–water partition coefficient (Wildman–Crippen LogP) is 2.46. The third-order valence-corrected chi connectivity index (χ3v) is 3.29. The first kappa shape index (κ1) is 14.1. The van der Waals surface area contributed by atoms with E-state index in [1.807, 2.05) is 25.1 Å². The first-order valence-electron chi connectivity index (χ1n) is 6.48. The van der Waals surface area contributed by atoms with Gasteiger partial charge in [0, 0.05) is 11.3 Å². The highest BCUT2D eigenvalue weighted by Gasteiger charge is 2.13. The summed E-state index contributed by atoms with van der Waals surface area (Å²) >= 11 is 0. The number of nitrogens with one attached hydrogen (secondary N) is 1. The summed E-state index contributed by atoms with van der Waals surface area (Å²) in [5.41, 5.74) is 8.95. The van der Waals surface area contributed by atoms with E-state index in [1.165, 1.54) is 0 Å². The SMILES string of the molecule is COc1ccc(-c2c(N)nc(=O)[nH]c2C)cc1C(C)C. The standard InChI is InChI=1S/C15H19N3O2/c1-8(2)11-7-10(5-6-12(11)20-4)13-9(3)17-15(19)18-14(13)16/h5-8H,1-4H3,(H3,16,17,18,19). The summed E-state index contributed by atoms with van der Waals surface area (Å²) in [5.74, 6) is 1.41. The van der Waals surface area contributed by atoms with Crippen molar-refractivity contribution in [2.45, 2.75) is 26.7 Å². The first-order valence-corrected chi connectivity index (χ1v) is 6.48. The average Bonchev–Trinajstić information content (AvgIpc) is 2.37. The highest BCUT2D eigenvalue weighted by atomic mass is 16.5. The van der Waals surface area contributed by atoms with Crippen molar-refractivity contribution in [1.29, 1.82) is 0 Å². The van der Waals surface area contributed by atoms with Crippen LogP contribution in [0.5, 0.6) is 5.75 Å². The van der Waals surface area contributed by atoms with Gasteiger partial charge in [0.15, 0.2) is 0 Å².